The molecule has 32 heavy (non-hydrogen) atoms. The van der Waals surface area contributed by atoms with E-state index in [1.165, 1.54) is 5.56 Å². The molecule has 1 amide bonds. The van der Waals surface area contributed by atoms with Crippen molar-refractivity contribution >= 4 is 28.3 Å². The lowest BCUT2D eigenvalue weighted by atomic mass is 9.99. The van der Waals surface area contributed by atoms with Gasteiger partial charge in [-0.25, -0.2) is 9.97 Å². The number of carbonyl (C=O) groups excluding carboxylic acids is 1. The van der Waals surface area contributed by atoms with Crippen LogP contribution >= 0.6 is 0 Å². The summed E-state index contributed by atoms with van der Waals surface area (Å²) in [6.07, 6.45) is 7.27. The van der Waals surface area contributed by atoms with Gasteiger partial charge in [0.2, 0.25) is 5.91 Å². The monoisotopic (exact) mass is 426 g/mol. The van der Waals surface area contributed by atoms with Crippen molar-refractivity contribution in [3.8, 4) is 11.3 Å². The summed E-state index contributed by atoms with van der Waals surface area (Å²) < 4.78 is 1.77. The zero-order valence-corrected chi connectivity index (χ0v) is 18.5. The zero-order valence-electron chi connectivity index (χ0n) is 18.5. The summed E-state index contributed by atoms with van der Waals surface area (Å²) in [6.45, 7) is 4.21. The van der Waals surface area contributed by atoms with Gasteiger partial charge in [0.1, 0.15) is 11.6 Å². The Bertz CT molecular complexity index is 1340. The van der Waals surface area contributed by atoms with Crippen molar-refractivity contribution < 1.29 is 4.79 Å². The van der Waals surface area contributed by atoms with Crippen LogP contribution in [0.4, 0.5) is 11.6 Å². The molecule has 1 aliphatic carbocycles. The number of nitrogens with zero attached hydrogens (tertiary/aromatic N) is 4. The SMILES string of the molecule is CCc1ccc(C)c(-c2cc3cc(NC(=O)C4C[C@H]4c4cnn(C)c4)ncc3c(N)n2)c1. The Kier molecular flexibility index (Phi) is 4.89. The second-order valence-corrected chi connectivity index (χ2v) is 8.57. The van der Waals surface area contributed by atoms with Crippen molar-refractivity contribution in [3.05, 3.63) is 65.6 Å². The number of nitrogen functional groups attached to an aromatic ring is 1. The number of hydrogen-bond acceptors (Lipinski definition) is 5. The Hall–Kier alpha value is -3.74. The third kappa shape index (κ3) is 3.70. The van der Waals surface area contributed by atoms with Gasteiger partial charge in [-0.1, -0.05) is 19.1 Å². The number of rotatable bonds is 5. The van der Waals surface area contributed by atoms with Crippen LogP contribution in [0.3, 0.4) is 0 Å². The lowest BCUT2D eigenvalue weighted by Crippen LogP contribution is -2.15. The van der Waals surface area contributed by atoms with E-state index in [-0.39, 0.29) is 17.7 Å². The van der Waals surface area contributed by atoms with Gasteiger partial charge in [-0.2, -0.15) is 5.10 Å². The largest absolute Gasteiger partial charge is 0.383 e. The Morgan fingerprint density at radius 3 is 2.84 bits per heavy atom. The van der Waals surface area contributed by atoms with Crippen LogP contribution in [-0.2, 0) is 18.3 Å². The molecule has 1 unspecified atom stereocenters. The first-order valence-corrected chi connectivity index (χ1v) is 10.9. The number of nitrogens with one attached hydrogen (secondary N) is 1. The van der Waals surface area contributed by atoms with Crippen LogP contribution in [-0.4, -0.2) is 25.7 Å². The molecule has 2 atom stereocenters. The van der Waals surface area contributed by atoms with Crippen LogP contribution in [0.5, 0.6) is 0 Å². The van der Waals surface area contributed by atoms with Crippen LogP contribution < -0.4 is 11.1 Å². The number of benzene rings is 1. The summed E-state index contributed by atoms with van der Waals surface area (Å²) in [5.74, 6) is 1.12. The number of amides is 1. The van der Waals surface area contributed by atoms with Gasteiger partial charge in [-0.15, -0.1) is 0 Å². The van der Waals surface area contributed by atoms with Gasteiger partial charge in [0.15, 0.2) is 0 Å². The van der Waals surface area contributed by atoms with E-state index in [9.17, 15) is 4.79 Å². The van der Waals surface area contributed by atoms with E-state index in [4.69, 9.17) is 5.73 Å². The van der Waals surface area contributed by atoms with Gasteiger partial charge >= 0.3 is 0 Å². The molecule has 0 spiro atoms. The topological polar surface area (TPSA) is 98.7 Å². The molecule has 3 aromatic heterocycles. The molecule has 0 bridgehead atoms. The van der Waals surface area contributed by atoms with E-state index in [1.54, 1.807) is 10.9 Å². The standard InChI is InChI=1S/C25H26N6O/c1-4-15-6-5-14(2)18(7-15)22-8-16-9-23(27-12-21(16)24(26)29-22)30-25(32)20-10-19(20)17-11-28-31(3)13-17/h5-9,11-13,19-20H,4,10H2,1-3H3,(H2,26,29)(H,27,30,32)/t19-,20?/m0/s1. The molecular formula is C25H26N6O. The van der Waals surface area contributed by atoms with E-state index >= 15 is 0 Å². The summed E-state index contributed by atoms with van der Waals surface area (Å²) in [7, 11) is 1.88. The van der Waals surface area contributed by atoms with Crippen molar-refractivity contribution in [2.24, 2.45) is 13.0 Å². The molecule has 1 saturated carbocycles. The Labute approximate surface area is 186 Å². The highest BCUT2D eigenvalue weighted by Gasteiger charge is 2.44. The highest BCUT2D eigenvalue weighted by molar-refractivity contribution is 5.98. The fourth-order valence-electron chi connectivity index (χ4n) is 4.25. The van der Waals surface area contributed by atoms with Crippen LogP contribution in [0, 0.1) is 12.8 Å². The van der Waals surface area contributed by atoms with Crippen LogP contribution in [0.25, 0.3) is 22.0 Å². The fourth-order valence-corrected chi connectivity index (χ4v) is 4.25. The molecule has 3 N–H and O–H groups in total. The molecule has 1 fully saturated rings. The summed E-state index contributed by atoms with van der Waals surface area (Å²) in [6, 6.07) is 10.3. The molecule has 162 valence electrons. The molecule has 1 aliphatic rings. The number of anilines is 2. The van der Waals surface area contributed by atoms with Crippen LogP contribution in [0.1, 0.15) is 36.0 Å². The highest BCUT2D eigenvalue weighted by atomic mass is 16.2. The van der Waals surface area contributed by atoms with Gasteiger partial charge in [-0.3, -0.25) is 9.48 Å². The number of aromatic nitrogens is 4. The molecule has 3 heterocycles. The number of carbonyl (C=O) groups is 1. The third-order valence-electron chi connectivity index (χ3n) is 6.26. The Balaban J connectivity index is 1.42. The van der Waals surface area contributed by atoms with Gasteiger partial charge in [0.05, 0.1) is 11.9 Å². The fraction of sp³-hybridized carbons (Fsp3) is 0.280. The predicted octanol–water partition coefficient (Wildman–Crippen LogP) is 4.23. The second kappa shape index (κ2) is 7.75. The minimum Gasteiger partial charge on any atom is -0.383 e. The predicted molar refractivity (Wildman–Crippen MR) is 126 cm³/mol. The molecule has 0 saturated heterocycles. The van der Waals surface area contributed by atoms with E-state index in [0.29, 0.717) is 11.6 Å². The third-order valence-corrected chi connectivity index (χ3v) is 6.26. The molecule has 5 rings (SSSR count). The average Bonchev–Trinajstić information content (AvgIpc) is 3.47. The summed E-state index contributed by atoms with van der Waals surface area (Å²) >= 11 is 0. The number of aryl methyl sites for hydroxylation is 3. The van der Waals surface area contributed by atoms with Crippen molar-refractivity contribution in [2.45, 2.75) is 32.6 Å². The smallest absolute Gasteiger partial charge is 0.229 e. The average molecular weight is 427 g/mol. The maximum absolute atomic E-state index is 12.8. The van der Waals surface area contributed by atoms with E-state index in [1.807, 2.05) is 31.6 Å². The van der Waals surface area contributed by atoms with Crippen molar-refractivity contribution in [1.29, 1.82) is 0 Å². The van der Waals surface area contributed by atoms with Gasteiger partial charge in [-0.05, 0) is 66.0 Å². The minimum absolute atomic E-state index is 0.0144. The van der Waals surface area contributed by atoms with E-state index < -0.39 is 0 Å². The maximum atomic E-state index is 12.8. The van der Waals surface area contributed by atoms with Gasteiger partial charge in [0.25, 0.3) is 0 Å². The summed E-state index contributed by atoms with van der Waals surface area (Å²) in [5.41, 5.74) is 11.7. The van der Waals surface area contributed by atoms with Crippen LogP contribution in [0.15, 0.2) is 48.9 Å². The zero-order chi connectivity index (χ0) is 22.4. The van der Waals surface area contributed by atoms with Gasteiger partial charge in [0, 0.05) is 36.3 Å². The number of nitrogens with two attached hydrogens (primary N) is 1. The minimum atomic E-state index is -0.0470. The van der Waals surface area contributed by atoms with Crippen molar-refractivity contribution in [1.82, 2.24) is 19.7 Å². The first-order valence-electron chi connectivity index (χ1n) is 10.9. The van der Waals surface area contributed by atoms with Gasteiger partial charge < -0.3 is 11.1 Å². The Morgan fingerprint density at radius 2 is 2.09 bits per heavy atom. The lowest BCUT2D eigenvalue weighted by Gasteiger charge is -2.11. The second-order valence-electron chi connectivity index (χ2n) is 8.57. The number of fused-ring (bicyclic) bond motifs is 1. The quantitative estimate of drug-likeness (QED) is 0.498. The molecule has 7 nitrogen and oxygen atoms in total. The molecular weight excluding hydrogens is 400 g/mol. The maximum Gasteiger partial charge on any atom is 0.229 e. The normalized spacial score (nSPS) is 17.5. The van der Waals surface area contributed by atoms with Crippen molar-refractivity contribution in [2.75, 3.05) is 11.1 Å². The highest BCUT2D eigenvalue weighted by Crippen LogP contribution is 2.47. The first kappa shape index (κ1) is 20.2. The summed E-state index contributed by atoms with van der Waals surface area (Å²) in [4.78, 5) is 21.8. The molecule has 1 aromatic carbocycles. The number of pyridine rings is 2. The van der Waals surface area contributed by atoms with Crippen molar-refractivity contribution in [3.63, 3.8) is 0 Å². The molecule has 7 heteroatoms. The summed E-state index contributed by atoms with van der Waals surface area (Å²) in [5, 5.41) is 8.85. The van der Waals surface area contributed by atoms with E-state index in [0.717, 1.165) is 46.0 Å². The first-order chi connectivity index (χ1) is 15.4. The van der Waals surface area contributed by atoms with E-state index in [2.05, 4.69) is 52.4 Å². The van der Waals surface area contributed by atoms with Crippen LogP contribution in [0.2, 0.25) is 0 Å². The molecule has 0 aliphatic heterocycles. The molecule has 0 radical (unpaired) electrons. The Morgan fingerprint density at radius 1 is 1.25 bits per heavy atom. The number of hydrogen-bond donors (Lipinski definition) is 2. The lowest BCUT2D eigenvalue weighted by molar-refractivity contribution is -0.117. The molecule has 4 aromatic rings.